The molecule has 6 N–H and O–H groups in total. The highest BCUT2D eigenvalue weighted by Gasteiger charge is 2.25. The van der Waals surface area contributed by atoms with E-state index in [1.165, 1.54) is 225 Å². The molecule has 0 bridgehead atoms. The number of imidazole rings is 6. The Kier molecular flexibility index (Phi) is 33.5. The number of fused-ring (bicyclic) bond motifs is 18. The third kappa shape index (κ3) is 22.5. The fraction of sp³-hybridized carbons (Fsp3) is 0.416. The van der Waals surface area contributed by atoms with Crippen molar-refractivity contribution >= 4 is 167 Å². The number of anilines is 6. The van der Waals surface area contributed by atoms with Crippen molar-refractivity contribution in [2.75, 3.05) is 74.2 Å². The van der Waals surface area contributed by atoms with Crippen LogP contribution in [0.25, 0.3) is 132 Å². The van der Waals surface area contributed by atoms with Gasteiger partial charge in [-0.25, -0.2) is 59.8 Å². The van der Waals surface area contributed by atoms with Crippen molar-refractivity contribution in [2.45, 2.75) is 248 Å². The Labute approximate surface area is 807 Å². The number of pyridine rings is 6. The molecule has 12 heterocycles. The summed E-state index contributed by atoms with van der Waals surface area (Å²) in [5.41, 5.74) is 20.6. The molecular weight excluding hydrogens is 1690 g/mol. The minimum atomic E-state index is 0.544. The summed E-state index contributed by atoms with van der Waals surface area (Å²) in [5, 5.41) is 26.3. The maximum atomic E-state index is 5.04. The molecule has 2 fully saturated rings. The molecule has 19 aromatic rings. The third-order valence-corrected chi connectivity index (χ3v) is 27.3. The van der Waals surface area contributed by atoms with Crippen molar-refractivity contribution < 1.29 is 0 Å². The van der Waals surface area contributed by atoms with Gasteiger partial charge in [-0.15, -0.1) is 0 Å². The van der Waals surface area contributed by atoms with E-state index >= 15 is 0 Å². The summed E-state index contributed by atoms with van der Waals surface area (Å²) >= 11 is 0. The summed E-state index contributed by atoms with van der Waals surface area (Å²) in [7, 11) is 11.5. The minimum Gasteiger partial charge on any atom is -0.371 e. The first-order valence-electron chi connectivity index (χ1n) is 50.9. The van der Waals surface area contributed by atoms with Gasteiger partial charge < -0.3 is 59.3 Å². The third-order valence-electron chi connectivity index (χ3n) is 27.3. The van der Waals surface area contributed by atoms with E-state index in [1.54, 1.807) is 0 Å². The lowest BCUT2D eigenvalue weighted by Gasteiger charge is -2.23. The van der Waals surface area contributed by atoms with E-state index in [4.69, 9.17) is 24.9 Å². The molecule has 2 saturated carbocycles. The van der Waals surface area contributed by atoms with Crippen LogP contribution in [0, 0.1) is 24.7 Å². The summed E-state index contributed by atoms with van der Waals surface area (Å²) < 4.78 is 14.0. The molecule has 0 aliphatic heterocycles. The summed E-state index contributed by atoms with van der Waals surface area (Å²) in [5.74, 6) is 9.53. The number of para-hydroxylation sites is 6. The average molecular weight is 1840 g/mol. The molecule has 24 nitrogen and oxygen atoms in total. The topological polar surface area (TPSA) is 256 Å². The molecule has 0 saturated heterocycles. The quantitative estimate of drug-likeness (QED) is 0.0214. The summed E-state index contributed by atoms with van der Waals surface area (Å²) in [6, 6.07) is 60.7. The normalized spacial score (nSPS) is 13.0. The molecule has 0 amide bonds. The smallest absolute Gasteiger partial charge is 0.154 e. The largest absolute Gasteiger partial charge is 0.371 e. The Morgan fingerprint density at radius 2 is 0.584 bits per heavy atom. The van der Waals surface area contributed by atoms with Crippen LogP contribution in [0.15, 0.2) is 201 Å². The molecular formula is C113H142N24. The van der Waals surface area contributed by atoms with Gasteiger partial charge in [-0.1, -0.05) is 283 Å². The number of unbranched alkanes of at least 4 members (excludes halogenated alkanes) is 11. The van der Waals surface area contributed by atoms with E-state index in [2.05, 4.69) is 281 Å². The minimum absolute atomic E-state index is 0.544. The highest BCUT2D eigenvalue weighted by molar-refractivity contribution is 6.11. The molecule has 0 unspecified atom stereocenters. The van der Waals surface area contributed by atoms with Crippen LogP contribution < -0.4 is 31.9 Å². The first-order chi connectivity index (χ1) is 67.3. The number of benzene rings is 7. The van der Waals surface area contributed by atoms with Crippen LogP contribution in [-0.4, -0.2) is 129 Å². The van der Waals surface area contributed by atoms with Gasteiger partial charge in [0.1, 0.15) is 44.7 Å². The lowest BCUT2D eigenvalue weighted by atomic mass is 9.89. The lowest BCUT2D eigenvalue weighted by molar-refractivity contribution is 0.320. The standard InChI is InChI=1S/C23H26N4.C19H24N4.C19H26N4.C18H22N4.2C17H22N4/c1-16(2)15-27-20(14-13-17-9-5-4-6-10-17)26-21-22(27)18-11-7-8-12-19(18)25-23(21)24-3;1-13-21-17-18(23(13)12-14-8-4-3-5-9-14)15-10-6-7-11-16(15)22-19(17)20-2;1-3-4-5-6-7-10-13-23-14-21-17-18(23)15-11-8-9-12-16(15)22-19(17)20-2;1-19-18-16-17(14-9-5-6-10-15(14)21-18)22(12-20-16)11-13-7-3-2-4-8-13;2*1-3-4-5-8-11-21-12-19-15-16(21)13-9-6-7-10-14(13)20-17(15)18-2/h4-12,16H,13-15H2,1-3H3,(H,24,25);6-7,10-11,14H,3-5,8-9,12H2,1-2H3,(H,20,22);8-9,11-12,14H,3-7,10,13H2,1-2H3,(H,20,22);5-6,9-10,12-13H,2-4,7-8,11H2,1H3,(H,19,21);2*6-7,9-10,12H,3-5,8,11H2,1-2H3,(H,18,20). The summed E-state index contributed by atoms with van der Waals surface area (Å²) in [6.45, 7) is 19.6. The van der Waals surface area contributed by atoms with E-state index in [0.717, 1.165) is 177 Å². The second-order valence-corrected chi connectivity index (χ2v) is 37.4. The molecule has 2 aliphatic rings. The number of aromatic nitrogens is 18. The molecule has 0 spiro atoms. The highest BCUT2D eigenvalue weighted by atomic mass is 15.2. The molecule has 714 valence electrons. The predicted molar refractivity (Wildman–Crippen MR) is 576 cm³/mol. The van der Waals surface area contributed by atoms with E-state index in [-0.39, 0.29) is 0 Å². The van der Waals surface area contributed by atoms with Crippen LogP contribution >= 0.6 is 0 Å². The molecule has 0 atom stereocenters. The Balaban J connectivity index is 0.000000119. The van der Waals surface area contributed by atoms with Crippen LogP contribution in [0.2, 0.25) is 0 Å². The van der Waals surface area contributed by atoms with Crippen molar-refractivity contribution in [3.05, 3.63) is 218 Å². The molecule has 12 aromatic heterocycles. The van der Waals surface area contributed by atoms with Crippen molar-refractivity contribution in [2.24, 2.45) is 17.8 Å². The van der Waals surface area contributed by atoms with Gasteiger partial charge in [0.15, 0.2) is 34.9 Å². The Morgan fingerprint density at radius 1 is 0.292 bits per heavy atom. The lowest BCUT2D eigenvalue weighted by Crippen LogP contribution is -2.15. The van der Waals surface area contributed by atoms with Crippen LogP contribution in [-0.2, 0) is 52.1 Å². The fourth-order valence-corrected chi connectivity index (χ4v) is 20.3. The van der Waals surface area contributed by atoms with Crippen LogP contribution in [0.3, 0.4) is 0 Å². The van der Waals surface area contributed by atoms with Gasteiger partial charge >= 0.3 is 0 Å². The van der Waals surface area contributed by atoms with E-state index in [1.807, 2.05) is 97.9 Å². The van der Waals surface area contributed by atoms with Crippen molar-refractivity contribution in [1.29, 1.82) is 0 Å². The van der Waals surface area contributed by atoms with Gasteiger partial charge in [-0.2, -0.15) is 0 Å². The Morgan fingerprint density at radius 3 is 0.942 bits per heavy atom. The van der Waals surface area contributed by atoms with Gasteiger partial charge in [0, 0.05) is 120 Å². The predicted octanol–water partition coefficient (Wildman–Crippen LogP) is 27.2. The zero-order valence-corrected chi connectivity index (χ0v) is 83.0. The van der Waals surface area contributed by atoms with Crippen LogP contribution in [0.4, 0.5) is 34.9 Å². The highest BCUT2D eigenvalue weighted by Crippen LogP contribution is 2.39. The van der Waals surface area contributed by atoms with Gasteiger partial charge in [0.05, 0.1) is 91.5 Å². The first-order valence-corrected chi connectivity index (χ1v) is 50.9. The monoisotopic (exact) mass is 1840 g/mol. The number of hydrogen-bond acceptors (Lipinski definition) is 18. The number of nitrogens with zero attached hydrogens (tertiary/aromatic N) is 18. The van der Waals surface area contributed by atoms with E-state index in [0.29, 0.717) is 5.92 Å². The maximum Gasteiger partial charge on any atom is 0.154 e. The second kappa shape index (κ2) is 47.4. The fourth-order valence-electron chi connectivity index (χ4n) is 20.3. The molecule has 137 heavy (non-hydrogen) atoms. The second-order valence-electron chi connectivity index (χ2n) is 37.4. The number of nitrogens with one attached hydrogen (secondary N) is 6. The van der Waals surface area contributed by atoms with Gasteiger partial charge in [-0.3, -0.25) is 0 Å². The Hall–Kier alpha value is -13.4. The zero-order valence-electron chi connectivity index (χ0n) is 83.0. The molecule has 7 aromatic carbocycles. The maximum absolute atomic E-state index is 5.04. The number of aryl methyl sites for hydroxylation is 6. The first kappa shape index (κ1) is 96.7. The van der Waals surface area contributed by atoms with Crippen molar-refractivity contribution in [3.8, 4) is 0 Å². The molecule has 2 aliphatic carbocycles. The van der Waals surface area contributed by atoms with Gasteiger partial charge in [0.2, 0.25) is 0 Å². The SMILES string of the molecule is CCCCCCCCn1cnc2c(NC)nc3ccccc3c21.CCCCCCn1cnc2c(NC)nc3ccccc3c21.CCCCCCn1cnc2c(NC)nc3ccccc3c21.CNc1nc2ccccc2c2c1nc(C)n2CC1CCCCC1.CNc1nc2ccccc2c2c1nc(CCc1ccccc1)n2CC(C)C.CNc1nc2ccccc2c2c1ncn2CC1CCCCC1. The molecule has 24 heteroatoms. The van der Waals surface area contributed by atoms with Crippen LogP contribution in [0.1, 0.15) is 206 Å². The molecule has 0 radical (unpaired) electrons. The van der Waals surface area contributed by atoms with E-state index in [9.17, 15) is 0 Å². The van der Waals surface area contributed by atoms with E-state index < -0.39 is 0 Å². The molecule has 21 rings (SSSR count). The summed E-state index contributed by atoms with van der Waals surface area (Å²) in [4.78, 5) is 56.5. The zero-order chi connectivity index (χ0) is 94.9. The van der Waals surface area contributed by atoms with Gasteiger partial charge in [0.25, 0.3) is 0 Å². The van der Waals surface area contributed by atoms with Gasteiger partial charge in [-0.05, 0) is 118 Å². The van der Waals surface area contributed by atoms with Crippen molar-refractivity contribution in [1.82, 2.24) is 87.2 Å². The number of rotatable bonds is 32. The summed E-state index contributed by atoms with van der Waals surface area (Å²) in [6.07, 6.45) is 41.4. The number of hydrogen-bond donors (Lipinski definition) is 6. The average Bonchev–Trinajstić information content (AvgIpc) is 1.61. The van der Waals surface area contributed by atoms with Crippen molar-refractivity contribution in [3.63, 3.8) is 0 Å². The Bertz CT molecular complexity index is 7030. The van der Waals surface area contributed by atoms with Crippen LogP contribution in [0.5, 0.6) is 0 Å².